The molecule has 0 saturated carbocycles. The number of halogens is 1. The summed E-state index contributed by atoms with van der Waals surface area (Å²) >= 11 is 5.12. The van der Waals surface area contributed by atoms with E-state index >= 15 is 0 Å². The van der Waals surface area contributed by atoms with Crippen LogP contribution in [0.3, 0.4) is 0 Å². The third-order valence-corrected chi connectivity index (χ3v) is 5.69. The fraction of sp³-hybridized carbons (Fsp3) is 0.182. The van der Waals surface area contributed by atoms with E-state index in [0.717, 1.165) is 26.1 Å². The number of aromatic nitrogens is 1. The van der Waals surface area contributed by atoms with Crippen molar-refractivity contribution >= 4 is 33.5 Å². The molecule has 3 rings (SSSR count). The second-order valence-electron chi connectivity index (χ2n) is 6.49. The zero-order valence-electron chi connectivity index (χ0n) is 16.9. The van der Waals surface area contributed by atoms with Gasteiger partial charge in [-0.15, -0.1) is 11.3 Å². The van der Waals surface area contributed by atoms with Crippen molar-refractivity contribution in [3.8, 4) is 28.5 Å². The quantitative estimate of drug-likeness (QED) is 0.374. The van der Waals surface area contributed by atoms with Gasteiger partial charge in [0, 0.05) is 21.0 Å². The molecule has 3 aromatic rings. The van der Waals surface area contributed by atoms with Crippen molar-refractivity contribution in [1.82, 2.24) is 4.68 Å². The summed E-state index contributed by atoms with van der Waals surface area (Å²) in [6.45, 7) is 6.38. The van der Waals surface area contributed by atoms with Crippen molar-refractivity contribution in [2.45, 2.75) is 6.92 Å². The van der Waals surface area contributed by atoms with Crippen molar-refractivity contribution in [3.63, 3.8) is 0 Å². The third-order valence-electron chi connectivity index (χ3n) is 4.14. The van der Waals surface area contributed by atoms with E-state index in [9.17, 15) is 5.11 Å². The second kappa shape index (κ2) is 9.77. The van der Waals surface area contributed by atoms with Crippen LogP contribution in [0.1, 0.15) is 12.5 Å². The van der Waals surface area contributed by atoms with E-state index in [4.69, 9.17) is 9.47 Å². The molecule has 1 aromatic heterocycles. The minimum atomic E-state index is -0.0496. The maximum absolute atomic E-state index is 10.1. The van der Waals surface area contributed by atoms with E-state index in [2.05, 4.69) is 32.6 Å². The molecule has 0 aliphatic rings. The Morgan fingerprint density at radius 2 is 1.90 bits per heavy atom. The molecule has 0 radical (unpaired) electrons. The number of rotatable bonds is 7. The van der Waals surface area contributed by atoms with Crippen LogP contribution in [-0.2, 0) is 0 Å². The smallest absolute Gasteiger partial charge is 0.206 e. The van der Waals surface area contributed by atoms with Gasteiger partial charge in [0.25, 0.3) is 0 Å². The first kappa shape index (κ1) is 21.9. The van der Waals surface area contributed by atoms with Gasteiger partial charge in [0.05, 0.1) is 32.7 Å². The van der Waals surface area contributed by atoms with E-state index in [-0.39, 0.29) is 5.75 Å². The Kier molecular flexibility index (Phi) is 7.12. The first-order valence-electron chi connectivity index (χ1n) is 9.04. The van der Waals surface area contributed by atoms with Crippen LogP contribution in [0, 0.1) is 0 Å². The van der Waals surface area contributed by atoms with Crippen molar-refractivity contribution in [1.29, 1.82) is 0 Å². The van der Waals surface area contributed by atoms with Crippen LogP contribution in [0.15, 0.2) is 68.5 Å². The summed E-state index contributed by atoms with van der Waals surface area (Å²) in [4.78, 5) is 5.39. The van der Waals surface area contributed by atoms with Crippen molar-refractivity contribution in [3.05, 3.63) is 68.8 Å². The summed E-state index contributed by atoms with van der Waals surface area (Å²) in [5.41, 5.74) is 3.59. The number of ether oxygens (including phenoxy) is 2. The highest BCUT2D eigenvalue weighted by Gasteiger charge is 2.12. The average Bonchev–Trinajstić information content (AvgIpc) is 3.14. The van der Waals surface area contributed by atoms with Crippen molar-refractivity contribution in [2.24, 2.45) is 10.1 Å². The summed E-state index contributed by atoms with van der Waals surface area (Å²) in [5, 5.41) is 16.8. The molecule has 2 aromatic carbocycles. The molecule has 1 N–H and O–H groups in total. The van der Waals surface area contributed by atoms with Crippen LogP contribution in [0.2, 0.25) is 0 Å². The average molecular weight is 488 g/mol. The molecule has 0 unspecified atom stereocenters. The molecule has 0 amide bonds. The number of aromatic hydroxyl groups is 1. The van der Waals surface area contributed by atoms with E-state index in [1.165, 1.54) is 25.6 Å². The Hall–Kier alpha value is -2.84. The maximum Gasteiger partial charge on any atom is 0.206 e. The van der Waals surface area contributed by atoms with Crippen LogP contribution < -0.4 is 14.3 Å². The Morgan fingerprint density at radius 3 is 2.50 bits per heavy atom. The van der Waals surface area contributed by atoms with Gasteiger partial charge in [0.2, 0.25) is 10.6 Å². The summed E-state index contributed by atoms with van der Waals surface area (Å²) in [6, 6.07) is 11.3. The van der Waals surface area contributed by atoms with E-state index in [1.807, 2.05) is 36.6 Å². The largest absolute Gasteiger partial charge is 0.502 e. The fourth-order valence-corrected chi connectivity index (χ4v) is 4.01. The Bertz CT molecular complexity index is 1140. The molecule has 0 atom stereocenters. The van der Waals surface area contributed by atoms with Gasteiger partial charge in [-0.05, 0) is 25.1 Å². The number of benzene rings is 2. The van der Waals surface area contributed by atoms with Gasteiger partial charge in [-0.3, -0.25) is 4.99 Å². The molecule has 30 heavy (non-hydrogen) atoms. The van der Waals surface area contributed by atoms with Crippen molar-refractivity contribution in [2.75, 3.05) is 20.8 Å². The summed E-state index contributed by atoms with van der Waals surface area (Å²) in [7, 11) is 2.98. The van der Waals surface area contributed by atoms with Crippen LogP contribution in [0.4, 0.5) is 0 Å². The normalized spacial score (nSPS) is 11.8. The monoisotopic (exact) mass is 487 g/mol. The Labute approximate surface area is 187 Å². The highest BCUT2D eigenvalue weighted by Crippen LogP contribution is 2.36. The van der Waals surface area contributed by atoms with Crippen LogP contribution >= 0.6 is 27.3 Å². The highest BCUT2D eigenvalue weighted by atomic mass is 79.9. The lowest BCUT2D eigenvalue weighted by Crippen LogP contribution is -2.13. The lowest BCUT2D eigenvalue weighted by atomic mass is 10.2. The maximum atomic E-state index is 10.1. The number of hydrogen-bond acceptors (Lipinski definition) is 6. The molecule has 0 spiro atoms. The number of phenols is 1. The highest BCUT2D eigenvalue weighted by molar-refractivity contribution is 9.10. The van der Waals surface area contributed by atoms with Gasteiger partial charge in [-0.25, -0.2) is 4.68 Å². The third kappa shape index (κ3) is 4.83. The first-order valence-corrected chi connectivity index (χ1v) is 10.7. The molecule has 6 nitrogen and oxygen atoms in total. The number of phenolic OH excluding ortho intramolecular Hbond substituents is 1. The molecular weight excluding hydrogens is 466 g/mol. The van der Waals surface area contributed by atoms with E-state index < -0.39 is 0 Å². The molecule has 8 heteroatoms. The minimum Gasteiger partial charge on any atom is -0.502 e. The predicted molar refractivity (Wildman–Crippen MR) is 125 cm³/mol. The zero-order chi connectivity index (χ0) is 21.7. The van der Waals surface area contributed by atoms with Crippen LogP contribution in [0.5, 0.6) is 17.2 Å². The summed E-state index contributed by atoms with van der Waals surface area (Å²) < 4.78 is 13.2. The first-order chi connectivity index (χ1) is 14.4. The van der Waals surface area contributed by atoms with Gasteiger partial charge in [-0.1, -0.05) is 46.3 Å². The molecule has 0 fully saturated rings. The molecule has 0 saturated heterocycles. The molecule has 1 heterocycles. The second-order valence-corrected chi connectivity index (χ2v) is 8.18. The SMILES string of the molecule is C=C(C)CN=c1scc(-c2ccccc2Br)n1N=Cc1cc(OC)c(O)c(OC)c1. The van der Waals surface area contributed by atoms with Gasteiger partial charge in [0.15, 0.2) is 11.5 Å². The lowest BCUT2D eigenvalue weighted by Gasteiger charge is -2.09. The molecule has 0 aliphatic carbocycles. The Morgan fingerprint density at radius 1 is 1.23 bits per heavy atom. The predicted octanol–water partition coefficient (Wildman–Crippen LogP) is 5.06. The molecular formula is C22H22BrN3O3S. The zero-order valence-corrected chi connectivity index (χ0v) is 19.3. The van der Waals surface area contributed by atoms with Gasteiger partial charge in [-0.2, -0.15) is 5.10 Å². The van der Waals surface area contributed by atoms with Crippen LogP contribution in [-0.4, -0.2) is 36.8 Å². The lowest BCUT2D eigenvalue weighted by molar-refractivity contribution is 0.340. The van der Waals surface area contributed by atoms with Crippen molar-refractivity contribution < 1.29 is 14.6 Å². The molecule has 156 valence electrons. The summed E-state index contributed by atoms with van der Waals surface area (Å²) in [6.07, 6.45) is 1.68. The van der Waals surface area contributed by atoms with Gasteiger partial charge < -0.3 is 14.6 Å². The number of nitrogens with zero attached hydrogens (tertiary/aromatic N) is 3. The number of methoxy groups -OCH3 is 2. The van der Waals surface area contributed by atoms with E-state index in [0.29, 0.717) is 23.6 Å². The minimum absolute atomic E-state index is 0.0496. The summed E-state index contributed by atoms with van der Waals surface area (Å²) in [5.74, 6) is 0.570. The fourth-order valence-electron chi connectivity index (χ4n) is 2.69. The molecule has 0 aliphatic heterocycles. The van der Waals surface area contributed by atoms with Crippen LogP contribution in [0.25, 0.3) is 11.3 Å². The van der Waals surface area contributed by atoms with Gasteiger partial charge >= 0.3 is 0 Å². The van der Waals surface area contributed by atoms with E-state index in [1.54, 1.807) is 23.0 Å². The number of thiazole rings is 1. The topological polar surface area (TPSA) is 68.3 Å². The Balaban J connectivity index is 2.12. The standard InChI is InChI=1S/C22H22BrN3O3S/c1-14(2)11-24-22-26(18(13-30-22)16-7-5-6-8-17(16)23)25-12-15-9-19(28-3)21(27)20(10-15)29-4/h5-10,12-13,27H,1,11H2,2-4H3. The number of hydrogen-bond donors (Lipinski definition) is 1. The van der Waals surface area contributed by atoms with Gasteiger partial charge in [0.1, 0.15) is 0 Å². The molecule has 0 bridgehead atoms.